The van der Waals surface area contributed by atoms with Crippen molar-refractivity contribution in [3.05, 3.63) is 23.9 Å². The monoisotopic (exact) mass is 180 g/mol. The molecule has 0 aromatic heterocycles. The van der Waals surface area contributed by atoms with Crippen LogP contribution in [0, 0.1) is 0 Å². The van der Waals surface area contributed by atoms with Crippen molar-refractivity contribution in [3.8, 4) is 0 Å². The summed E-state index contributed by atoms with van der Waals surface area (Å²) in [5, 5.41) is 6.90. The Balaban J connectivity index is 2.08. The van der Waals surface area contributed by atoms with Crippen molar-refractivity contribution in [1.29, 1.82) is 0 Å². The van der Waals surface area contributed by atoms with E-state index in [1.165, 1.54) is 24.8 Å². The summed E-state index contributed by atoms with van der Waals surface area (Å²) in [7, 11) is 0. The number of hydrogen-bond acceptors (Lipinski definition) is 1. The molecule has 0 aromatic rings. The maximum absolute atomic E-state index is 5.02. The predicted molar refractivity (Wildman–Crippen MR) is 53.7 cm³/mol. The van der Waals surface area contributed by atoms with E-state index >= 15 is 0 Å². The lowest BCUT2D eigenvalue weighted by molar-refractivity contribution is 0.757. The average Bonchev–Trinajstić information content (AvgIpc) is 2.56. The molecule has 0 radical (unpaired) electrons. The molecule has 0 fully saturated rings. The van der Waals surface area contributed by atoms with Gasteiger partial charge in [-0.15, -0.1) is 0 Å². The molecule has 2 rings (SSSR count). The fourth-order valence-electron chi connectivity index (χ4n) is 1.65. The summed E-state index contributed by atoms with van der Waals surface area (Å²) < 4.78 is 0. The van der Waals surface area contributed by atoms with E-state index in [0.717, 1.165) is 5.11 Å². The van der Waals surface area contributed by atoms with Crippen molar-refractivity contribution in [2.24, 2.45) is 0 Å². The highest BCUT2D eigenvalue weighted by Crippen LogP contribution is 2.21. The highest BCUT2D eigenvalue weighted by molar-refractivity contribution is 7.80. The third kappa shape index (κ3) is 1.50. The number of nitrogens with one attached hydrogen (secondary N) is 2. The Labute approximate surface area is 77.7 Å². The average molecular weight is 180 g/mol. The maximum atomic E-state index is 5.02. The largest absolute Gasteiger partial charge is 0.352 e. The highest BCUT2D eigenvalue weighted by atomic mass is 32.1. The second-order valence-corrected chi connectivity index (χ2v) is 3.53. The normalized spacial score (nSPS) is 27.8. The highest BCUT2D eigenvalue weighted by Gasteiger charge is 2.16. The van der Waals surface area contributed by atoms with Crippen LogP contribution in [0.15, 0.2) is 23.9 Å². The quantitative estimate of drug-likeness (QED) is 0.472. The van der Waals surface area contributed by atoms with Crippen LogP contribution in [0.25, 0.3) is 0 Å². The van der Waals surface area contributed by atoms with Gasteiger partial charge in [0, 0.05) is 6.20 Å². The van der Waals surface area contributed by atoms with Crippen molar-refractivity contribution in [3.63, 3.8) is 0 Å². The van der Waals surface area contributed by atoms with Gasteiger partial charge < -0.3 is 10.6 Å². The van der Waals surface area contributed by atoms with E-state index in [1.807, 2.05) is 6.20 Å². The summed E-state index contributed by atoms with van der Waals surface area (Å²) in [5.41, 5.74) is 1.48. The molecule has 0 aromatic carbocycles. The van der Waals surface area contributed by atoms with E-state index in [-0.39, 0.29) is 0 Å². The Morgan fingerprint density at radius 1 is 1.50 bits per heavy atom. The molecule has 2 nitrogen and oxygen atoms in total. The van der Waals surface area contributed by atoms with Crippen molar-refractivity contribution < 1.29 is 0 Å². The van der Waals surface area contributed by atoms with Crippen LogP contribution >= 0.6 is 12.2 Å². The van der Waals surface area contributed by atoms with Crippen molar-refractivity contribution in [1.82, 2.24) is 10.6 Å². The van der Waals surface area contributed by atoms with Gasteiger partial charge in [-0.05, 0) is 43.1 Å². The molecule has 0 saturated heterocycles. The van der Waals surface area contributed by atoms with Gasteiger partial charge in [-0.1, -0.05) is 6.08 Å². The topological polar surface area (TPSA) is 24.1 Å². The Morgan fingerprint density at radius 3 is 3.08 bits per heavy atom. The number of rotatable bonds is 1. The Hall–Kier alpha value is -0.830. The molecular formula is C9H12N2S. The zero-order valence-electron chi connectivity index (χ0n) is 6.84. The number of thiocarbonyl (C=S) groups is 1. The van der Waals surface area contributed by atoms with Crippen LogP contribution < -0.4 is 10.6 Å². The lowest BCUT2D eigenvalue weighted by atomic mass is 10.1. The van der Waals surface area contributed by atoms with Crippen LogP contribution in [0.5, 0.6) is 0 Å². The van der Waals surface area contributed by atoms with E-state index in [4.69, 9.17) is 12.2 Å². The van der Waals surface area contributed by atoms with Gasteiger partial charge in [0.2, 0.25) is 0 Å². The van der Waals surface area contributed by atoms with E-state index in [0.29, 0.717) is 6.04 Å². The second-order valence-electron chi connectivity index (χ2n) is 3.13. The van der Waals surface area contributed by atoms with Crippen molar-refractivity contribution in [2.75, 3.05) is 0 Å². The van der Waals surface area contributed by atoms with E-state index in [2.05, 4.69) is 22.8 Å². The molecule has 0 spiro atoms. The SMILES string of the molecule is S=C1NC=CC(C2=CCCC2)N1. The van der Waals surface area contributed by atoms with Gasteiger partial charge >= 0.3 is 0 Å². The lowest BCUT2D eigenvalue weighted by Crippen LogP contribution is -2.43. The van der Waals surface area contributed by atoms with Crippen LogP contribution in [0.1, 0.15) is 19.3 Å². The first-order valence-corrected chi connectivity index (χ1v) is 4.70. The molecule has 0 bridgehead atoms. The molecule has 2 N–H and O–H groups in total. The molecule has 3 heteroatoms. The van der Waals surface area contributed by atoms with Gasteiger partial charge in [-0.3, -0.25) is 0 Å². The predicted octanol–water partition coefficient (Wildman–Crippen LogP) is 1.46. The standard InChI is InChI=1S/C9H12N2S/c12-9-10-6-5-8(11-9)7-3-1-2-4-7/h3,5-6,8H,1-2,4H2,(H2,10,11,12). The Kier molecular flexibility index (Phi) is 2.13. The molecule has 0 saturated carbocycles. The first-order chi connectivity index (χ1) is 5.86. The number of hydrogen-bond donors (Lipinski definition) is 2. The third-order valence-electron chi connectivity index (χ3n) is 2.27. The lowest BCUT2D eigenvalue weighted by Gasteiger charge is -2.22. The Bertz CT molecular complexity index is 255. The first-order valence-electron chi connectivity index (χ1n) is 4.29. The minimum absolute atomic E-state index is 0.348. The summed E-state index contributed by atoms with van der Waals surface area (Å²) in [6.07, 6.45) is 10.1. The molecule has 1 unspecified atom stereocenters. The second kappa shape index (κ2) is 3.27. The number of allylic oxidation sites excluding steroid dienone is 1. The minimum Gasteiger partial charge on any atom is -0.352 e. The first kappa shape index (κ1) is 7.80. The van der Waals surface area contributed by atoms with Gasteiger partial charge in [0.25, 0.3) is 0 Å². The maximum Gasteiger partial charge on any atom is 0.171 e. The molecule has 12 heavy (non-hydrogen) atoms. The van der Waals surface area contributed by atoms with Crippen LogP contribution in [-0.4, -0.2) is 11.2 Å². The molecule has 1 aliphatic heterocycles. The van der Waals surface area contributed by atoms with Crippen molar-refractivity contribution in [2.45, 2.75) is 25.3 Å². The Morgan fingerprint density at radius 2 is 2.42 bits per heavy atom. The van der Waals surface area contributed by atoms with Gasteiger partial charge in [-0.2, -0.15) is 0 Å². The zero-order chi connectivity index (χ0) is 8.39. The van der Waals surface area contributed by atoms with Gasteiger partial charge in [0.1, 0.15) is 0 Å². The van der Waals surface area contributed by atoms with Gasteiger partial charge in [0.05, 0.1) is 6.04 Å². The molecule has 2 aliphatic rings. The minimum atomic E-state index is 0.348. The molecule has 1 heterocycles. The smallest absolute Gasteiger partial charge is 0.171 e. The van der Waals surface area contributed by atoms with Crippen molar-refractivity contribution >= 4 is 17.3 Å². The van der Waals surface area contributed by atoms with Crippen LogP contribution in [0.4, 0.5) is 0 Å². The molecule has 1 aliphatic carbocycles. The van der Waals surface area contributed by atoms with Crippen LogP contribution in [-0.2, 0) is 0 Å². The summed E-state index contributed by atoms with van der Waals surface area (Å²) in [4.78, 5) is 0. The van der Waals surface area contributed by atoms with E-state index in [9.17, 15) is 0 Å². The summed E-state index contributed by atoms with van der Waals surface area (Å²) >= 11 is 5.02. The van der Waals surface area contributed by atoms with Gasteiger partial charge in [-0.25, -0.2) is 0 Å². The fraction of sp³-hybridized carbons (Fsp3) is 0.444. The molecule has 64 valence electrons. The molecular weight excluding hydrogens is 168 g/mol. The van der Waals surface area contributed by atoms with E-state index < -0.39 is 0 Å². The molecule has 1 atom stereocenters. The summed E-state index contributed by atoms with van der Waals surface area (Å²) in [6.45, 7) is 0. The zero-order valence-corrected chi connectivity index (χ0v) is 7.66. The fourth-order valence-corrected chi connectivity index (χ4v) is 1.84. The summed E-state index contributed by atoms with van der Waals surface area (Å²) in [5.74, 6) is 0. The van der Waals surface area contributed by atoms with E-state index in [1.54, 1.807) is 0 Å². The van der Waals surface area contributed by atoms with Crippen LogP contribution in [0.3, 0.4) is 0 Å². The van der Waals surface area contributed by atoms with Gasteiger partial charge in [0.15, 0.2) is 5.11 Å². The third-order valence-corrected chi connectivity index (χ3v) is 2.50. The molecule has 0 amide bonds. The van der Waals surface area contributed by atoms with Crippen LogP contribution in [0.2, 0.25) is 0 Å². The summed E-state index contributed by atoms with van der Waals surface area (Å²) in [6, 6.07) is 0.348.